The minimum Gasteiger partial charge on any atom is -0.502 e. The van der Waals surface area contributed by atoms with Gasteiger partial charge in [0.05, 0.1) is 31.3 Å². The maximum atomic E-state index is 13.1. The predicted octanol–water partition coefficient (Wildman–Crippen LogP) is 3.94. The van der Waals surface area contributed by atoms with Crippen LogP contribution in [0.25, 0.3) is 0 Å². The van der Waals surface area contributed by atoms with Crippen LogP contribution in [0.1, 0.15) is 32.6 Å². The van der Waals surface area contributed by atoms with Gasteiger partial charge in [-0.1, -0.05) is 24.3 Å². The van der Waals surface area contributed by atoms with Gasteiger partial charge < -0.3 is 9.84 Å². The summed E-state index contributed by atoms with van der Waals surface area (Å²) in [6, 6.07) is 7.18. The van der Waals surface area contributed by atoms with Gasteiger partial charge in [-0.3, -0.25) is 18.7 Å². The lowest BCUT2D eigenvalue weighted by Crippen LogP contribution is -2.42. The molecule has 1 aromatic heterocycles. The maximum absolute atomic E-state index is 13.1. The Morgan fingerprint density at radius 3 is 1.74 bits per heavy atom. The Balaban J connectivity index is 2.10. The molecule has 8 nitrogen and oxygen atoms in total. The number of carbonyl (C=O) groups excluding carboxylic acids is 2. The van der Waals surface area contributed by atoms with Gasteiger partial charge in [0.15, 0.2) is 5.78 Å². The van der Waals surface area contributed by atoms with Crippen LogP contribution in [0, 0.1) is 0 Å². The van der Waals surface area contributed by atoms with Crippen molar-refractivity contribution in [1.29, 1.82) is 0 Å². The van der Waals surface area contributed by atoms with Gasteiger partial charge in [-0.15, -0.1) is 0 Å². The molecule has 206 valence electrons. The van der Waals surface area contributed by atoms with Crippen molar-refractivity contribution in [3.8, 4) is 0 Å². The standard InChI is InChI=1S/C25H18F6N2O6/c1-39-22(37)20(35)10-19(34)18-13-32(11-14-2-6-16(7-3-14)24(26,27)28)23(38)33(21(18)36)12-15-4-8-17(9-5-15)25(29,30)31/h2-10,13,35H,11-12H2,1H3/b20-10-. The van der Waals surface area contributed by atoms with Crippen LogP contribution in [-0.2, 0) is 35.0 Å². The van der Waals surface area contributed by atoms with Gasteiger partial charge in [0, 0.05) is 12.3 Å². The van der Waals surface area contributed by atoms with E-state index in [1.807, 2.05) is 0 Å². The summed E-state index contributed by atoms with van der Waals surface area (Å²) in [5, 5.41) is 9.69. The summed E-state index contributed by atoms with van der Waals surface area (Å²) in [5.74, 6) is -3.67. The molecule has 0 aliphatic carbocycles. The molecular formula is C25H18F6N2O6. The van der Waals surface area contributed by atoms with Crippen molar-refractivity contribution in [2.24, 2.45) is 0 Å². The normalized spacial score (nSPS) is 12.3. The highest BCUT2D eigenvalue weighted by Crippen LogP contribution is 2.30. The minimum absolute atomic E-state index is 0.0841. The molecule has 0 fully saturated rings. The van der Waals surface area contributed by atoms with Crippen molar-refractivity contribution >= 4 is 11.8 Å². The molecule has 0 unspecified atom stereocenters. The van der Waals surface area contributed by atoms with E-state index in [2.05, 4.69) is 4.74 Å². The first-order valence-corrected chi connectivity index (χ1v) is 10.8. The Bertz CT molecular complexity index is 1530. The second-order valence-electron chi connectivity index (χ2n) is 8.12. The van der Waals surface area contributed by atoms with Gasteiger partial charge in [-0.2, -0.15) is 26.3 Å². The van der Waals surface area contributed by atoms with Gasteiger partial charge in [-0.25, -0.2) is 9.59 Å². The fourth-order valence-corrected chi connectivity index (χ4v) is 3.42. The van der Waals surface area contributed by atoms with E-state index in [1.54, 1.807) is 0 Å². The number of aliphatic hydroxyl groups excluding tert-OH is 1. The number of rotatable bonds is 7. The largest absolute Gasteiger partial charge is 0.502 e. The fraction of sp³-hybridized carbons (Fsp3) is 0.200. The Kier molecular flexibility index (Phi) is 8.17. The molecule has 14 heteroatoms. The summed E-state index contributed by atoms with van der Waals surface area (Å²) >= 11 is 0. The molecule has 0 bridgehead atoms. The third-order valence-corrected chi connectivity index (χ3v) is 5.42. The number of benzene rings is 2. The molecule has 0 radical (unpaired) electrons. The number of ketones is 1. The summed E-state index contributed by atoms with van der Waals surface area (Å²) in [6.45, 7) is -0.978. The number of aliphatic hydroxyl groups is 1. The molecule has 1 N–H and O–H groups in total. The molecule has 39 heavy (non-hydrogen) atoms. The van der Waals surface area contributed by atoms with E-state index in [0.29, 0.717) is 10.6 Å². The number of carbonyl (C=O) groups is 2. The van der Waals surface area contributed by atoms with Crippen LogP contribution in [0.2, 0.25) is 0 Å². The highest BCUT2D eigenvalue weighted by Gasteiger charge is 2.31. The lowest BCUT2D eigenvalue weighted by molar-refractivity contribution is -0.139. The Hall–Kier alpha value is -4.62. The number of nitrogens with zero attached hydrogens (tertiary/aromatic N) is 2. The molecule has 0 saturated carbocycles. The van der Waals surface area contributed by atoms with Crippen LogP contribution < -0.4 is 11.2 Å². The van der Waals surface area contributed by atoms with E-state index in [4.69, 9.17) is 0 Å². The molecule has 3 rings (SSSR count). The van der Waals surface area contributed by atoms with Gasteiger partial charge in [-0.05, 0) is 35.4 Å². The van der Waals surface area contributed by atoms with Crippen molar-refractivity contribution in [1.82, 2.24) is 9.13 Å². The summed E-state index contributed by atoms with van der Waals surface area (Å²) < 4.78 is 82.9. The Morgan fingerprint density at radius 2 is 1.31 bits per heavy atom. The number of esters is 1. The van der Waals surface area contributed by atoms with Crippen molar-refractivity contribution < 1.29 is 45.8 Å². The topological polar surface area (TPSA) is 108 Å². The first-order valence-electron chi connectivity index (χ1n) is 10.8. The van der Waals surface area contributed by atoms with Crippen molar-refractivity contribution in [3.63, 3.8) is 0 Å². The third kappa shape index (κ3) is 6.83. The van der Waals surface area contributed by atoms with Gasteiger partial charge in [0.1, 0.15) is 5.56 Å². The SMILES string of the molecule is COC(=O)/C(O)=C/C(=O)c1cn(Cc2ccc(C(F)(F)F)cc2)c(=O)n(Cc2ccc(C(F)(F)F)cc2)c1=O. The number of halogens is 6. The summed E-state index contributed by atoms with van der Waals surface area (Å²) in [7, 11) is 0.915. The minimum atomic E-state index is -4.63. The molecule has 0 saturated heterocycles. The highest BCUT2D eigenvalue weighted by molar-refractivity contribution is 6.07. The van der Waals surface area contributed by atoms with Crippen LogP contribution in [0.15, 0.2) is 76.2 Å². The monoisotopic (exact) mass is 556 g/mol. The maximum Gasteiger partial charge on any atom is 0.416 e. The number of ether oxygens (including phenoxy) is 1. The molecule has 0 amide bonds. The molecule has 0 atom stereocenters. The number of aromatic nitrogens is 2. The Morgan fingerprint density at radius 1 is 0.846 bits per heavy atom. The molecular weight excluding hydrogens is 538 g/mol. The summed E-state index contributed by atoms with van der Waals surface area (Å²) in [5.41, 5.74) is -4.61. The second-order valence-corrected chi connectivity index (χ2v) is 8.12. The van der Waals surface area contributed by atoms with E-state index < -0.39 is 70.9 Å². The van der Waals surface area contributed by atoms with Gasteiger partial charge in [0.2, 0.25) is 5.76 Å². The zero-order chi connectivity index (χ0) is 29.1. The molecule has 2 aromatic carbocycles. The van der Waals surface area contributed by atoms with Crippen LogP contribution in [-0.4, -0.2) is 33.1 Å². The smallest absolute Gasteiger partial charge is 0.416 e. The fourth-order valence-electron chi connectivity index (χ4n) is 3.42. The summed E-state index contributed by atoms with van der Waals surface area (Å²) in [4.78, 5) is 50.3. The molecule has 0 aliphatic heterocycles. The average molecular weight is 556 g/mol. The van der Waals surface area contributed by atoms with E-state index in [0.717, 1.165) is 66.4 Å². The van der Waals surface area contributed by atoms with Crippen LogP contribution in [0.4, 0.5) is 26.3 Å². The van der Waals surface area contributed by atoms with Crippen LogP contribution in [0.3, 0.4) is 0 Å². The highest BCUT2D eigenvalue weighted by atomic mass is 19.4. The first-order chi connectivity index (χ1) is 18.1. The van der Waals surface area contributed by atoms with Crippen molar-refractivity contribution in [2.75, 3.05) is 7.11 Å². The second kappa shape index (κ2) is 11.0. The van der Waals surface area contributed by atoms with E-state index >= 15 is 0 Å². The zero-order valence-electron chi connectivity index (χ0n) is 19.8. The van der Waals surface area contributed by atoms with Crippen LogP contribution >= 0.6 is 0 Å². The molecule has 0 spiro atoms. The predicted molar refractivity (Wildman–Crippen MR) is 123 cm³/mol. The zero-order valence-corrected chi connectivity index (χ0v) is 19.8. The molecule has 3 aromatic rings. The van der Waals surface area contributed by atoms with E-state index in [-0.39, 0.29) is 11.1 Å². The summed E-state index contributed by atoms with van der Waals surface area (Å²) in [6.07, 6.45) is -8.07. The number of allylic oxidation sites excluding steroid dienone is 1. The van der Waals surface area contributed by atoms with Crippen molar-refractivity contribution in [3.05, 3.63) is 115 Å². The Labute approximate surface area is 215 Å². The first kappa shape index (κ1) is 28.9. The number of methoxy groups -OCH3 is 1. The van der Waals surface area contributed by atoms with Crippen LogP contribution in [0.5, 0.6) is 0 Å². The van der Waals surface area contributed by atoms with E-state index in [1.165, 1.54) is 0 Å². The van der Waals surface area contributed by atoms with Gasteiger partial charge >= 0.3 is 24.0 Å². The van der Waals surface area contributed by atoms with Crippen molar-refractivity contribution in [2.45, 2.75) is 25.4 Å². The molecule has 0 aliphatic rings. The average Bonchev–Trinajstić information content (AvgIpc) is 2.87. The lowest BCUT2D eigenvalue weighted by atomic mass is 10.1. The lowest BCUT2D eigenvalue weighted by Gasteiger charge is -2.14. The van der Waals surface area contributed by atoms with Gasteiger partial charge in [0.25, 0.3) is 5.56 Å². The number of alkyl halides is 6. The molecule has 1 heterocycles. The quantitative estimate of drug-likeness (QED) is 0.155. The number of hydrogen-bond donors (Lipinski definition) is 1. The van der Waals surface area contributed by atoms with E-state index in [9.17, 15) is 50.6 Å². The third-order valence-electron chi connectivity index (χ3n) is 5.42. The number of hydrogen-bond acceptors (Lipinski definition) is 6.